The van der Waals surface area contributed by atoms with Gasteiger partial charge in [-0.15, -0.1) is 0 Å². The van der Waals surface area contributed by atoms with Gasteiger partial charge in [-0.3, -0.25) is 4.79 Å². The van der Waals surface area contributed by atoms with Crippen LogP contribution >= 0.6 is 0 Å². The minimum absolute atomic E-state index is 0.182. The first-order valence-electron chi connectivity index (χ1n) is 10.1. The predicted octanol–water partition coefficient (Wildman–Crippen LogP) is 3.45. The van der Waals surface area contributed by atoms with Gasteiger partial charge in [0.25, 0.3) is 0 Å². The lowest BCUT2D eigenvalue weighted by atomic mass is 9.99. The van der Waals surface area contributed by atoms with Crippen LogP contribution < -0.4 is 5.32 Å². The Kier molecular flexibility index (Phi) is 10.4. The minimum Gasteiger partial charge on any atom is -0.460 e. The number of ether oxygens (including phenoxy) is 3. The highest BCUT2D eigenvalue weighted by Crippen LogP contribution is 2.12. The molecule has 0 radical (unpaired) electrons. The number of Topliss-reactive ketones (excluding diaryl/α,β-unsaturated/α-hetero) is 1. The van der Waals surface area contributed by atoms with Gasteiger partial charge in [-0.05, 0) is 32.8 Å². The van der Waals surface area contributed by atoms with E-state index in [0.29, 0.717) is 12.0 Å². The number of ketones is 1. The normalized spacial score (nSPS) is 13.2. The minimum atomic E-state index is -0.885. The number of carbonyl (C=O) groups is 4. The van der Waals surface area contributed by atoms with E-state index in [1.807, 2.05) is 6.92 Å². The predicted molar refractivity (Wildman–Crippen MR) is 114 cm³/mol. The fraction of sp³-hybridized carbons (Fsp3) is 0.478. The number of alkyl carbamates (subject to hydrolysis) is 1. The maximum absolute atomic E-state index is 12.4. The van der Waals surface area contributed by atoms with Crippen LogP contribution in [-0.2, 0) is 23.8 Å². The molecule has 0 unspecified atom stereocenters. The number of carbonyl (C=O) groups excluding carboxylic acids is 4. The standard InChI is InChI=1S/C23H31NO7/c1-6-16(2)20(24-22(28)31-23(3,4)5)21(27)29-14-10-13-19(26)30-15-18(25)17-11-8-7-9-12-17/h7-13,16,20H,6,14-15H2,1-5H3,(H,24,28)/b13-10+/t16-,20-/m0/s1. The maximum Gasteiger partial charge on any atom is 0.408 e. The SMILES string of the molecule is CC[C@H](C)[C@H](NC(=O)OC(C)(C)C)C(=O)OC/C=C/C(=O)OCC(=O)c1ccccc1. The molecule has 8 nitrogen and oxygen atoms in total. The Hall–Kier alpha value is -3.16. The molecular weight excluding hydrogens is 402 g/mol. The summed E-state index contributed by atoms with van der Waals surface area (Å²) in [7, 11) is 0. The molecule has 1 aromatic rings. The molecule has 2 atom stereocenters. The van der Waals surface area contributed by atoms with Crippen molar-refractivity contribution < 1.29 is 33.4 Å². The van der Waals surface area contributed by atoms with E-state index in [0.717, 1.165) is 6.08 Å². The molecule has 0 aliphatic rings. The number of benzene rings is 1. The van der Waals surface area contributed by atoms with Gasteiger partial charge in [0.15, 0.2) is 12.4 Å². The van der Waals surface area contributed by atoms with Crippen LogP contribution in [0.5, 0.6) is 0 Å². The van der Waals surface area contributed by atoms with E-state index in [4.69, 9.17) is 14.2 Å². The summed E-state index contributed by atoms with van der Waals surface area (Å²) >= 11 is 0. The van der Waals surface area contributed by atoms with E-state index in [9.17, 15) is 19.2 Å². The number of nitrogens with one attached hydrogen (secondary N) is 1. The molecule has 0 aromatic heterocycles. The van der Waals surface area contributed by atoms with Crippen LogP contribution in [-0.4, -0.2) is 48.7 Å². The van der Waals surface area contributed by atoms with Crippen LogP contribution in [0.1, 0.15) is 51.4 Å². The van der Waals surface area contributed by atoms with E-state index < -0.39 is 29.7 Å². The molecule has 1 rings (SSSR count). The third kappa shape index (κ3) is 10.4. The van der Waals surface area contributed by atoms with Gasteiger partial charge in [0, 0.05) is 11.6 Å². The van der Waals surface area contributed by atoms with Crippen LogP contribution in [0.4, 0.5) is 4.79 Å². The molecule has 1 N–H and O–H groups in total. The zero-order chi connectivity index (χ0) is 23.4. The third-order valence-electron chi connectivity index (χ3n) is 4.16. The molecule has 0 aliphatic heterocycles. The molecule has 8 heteroatoms. The van der Waals surface area contributed by atoms with Gasteiger partial charge in [-0.2, -0.15) is 0 Å². The van der Waals surface area contributed by atoms with Gasteiger partial charge in [0.2, 0.25) is 0 Å². The number of amides is 1. The number of hydrogen-bond donors (Lipinski definition) is 1. The second kappa shape index (κ2) is 12.5. The fourth-order valence-electron chi connectivity index (χ4n) is 2.36. The van der Waals surface area contributed by atoms with Gasteiger partial charge in [-0.25, -0.2) is 14.4 Å². The molecule has 0 aliphatic carbocycles. The summed E-state index contributed by atoms with van der Waals surface area (Å²) in [6.07, 6.45) is 2.30. The molecule has 0 fully saturated rings. The van der Waals surface area contributed by atoms with Crippen LogP contribution in [0.25, 0.3) is 0 Å². The average Bonchev–Trinajstić information content (AvgIpc) is 2.72. The molecule has 0 heterocycles. The summed E-state index contributed by atoms with van der Waals surface area (Å²) in [6, 6.07) is 7.58. The van der Waals surface area contributed by atoms with Crippen LogP contribution in [0.3, 0.4) is 0 Å². The van der Waals surface area contributed by atoms with Crippen molar-refractivity contribution in [3.8, 4) is 0 Å². The van der Waals surface area contributed by atoms with Crippen molar-refractivity contribution in [3.05, 3.63) is 48.0 Å². The summed E-state index contributed by atoms with van der Waals surface area (Å²) in [6.45, 7) is 8.28. The van der Waals surface area contributed by atoms with Gasteiger partial charge in [0.05, 0.1) is 0 Å². The van der Waals surface area contributed by atoms with Gasteiger partial charge < -0.3 is 19.5 Å². The second-order valence-corrected chi connectivity index (χ2v) is 7.94. The van der Waals surface area contributed by atoms with Crippen molar-refractivity contribution in [2.24, 2.45) is 5.92 Å². The number of esters is 2. The molecule has 1 amide bonds. The Morgan fingerprint density at radius 1 is 1.06 bits per heavy atom. The lowest BCUT2D eigenvalue weighted by Gasteiger charge is -2.25. The van der Waals surface area contributed by atoms with Crippen molar-refractivity contribution in [1.29, 1.82) is 0 Å². The first-order chi connectivity index (χ1) is 14.5. The van der Waals surface area contributed by atoms with E-state index in [-0.39, 0.29) is 24.9 Å². The van der Waals surface area contributed by atoms with Crippen molar-refractivity contribution in [2.45, 2.75) is 52.7 Å². The lowest BCUT2D eigenvalue weighted by Crippen LogP contribution is -2.47. The summed E-state index contributed by atoms with van der Waals surface area (Å²) in [4.78, 5) is 48.0. The zero-order valence-electron chi connectivity index (χ0n) is 18.7. The van der Waals surface area contributed by atoms with Gasteiger partial charge in [0.1, 0.15) is 18.2 Å². The molecule has 0 bridgehead atoms. The monoisotopic (exact) mass is 433 g/mol. The highest BCUT2D eigenvalue weighted by atomic mass is 16.6. The first kappa shape index (κ1) is 25.9. The summed E-state index contributed by atoms with van der Waals surface area (Å²) in [5, 5.41) is 2.53. The van der Waals surface area contributed by atoms with E-state index in [1.54, 1.807) is 58.0 Å². The van der Waals surface area contributed by atoms with Crippen molar-refractivity contribution >= 4 is 23.8 Å². The summed E-state index contributed by atoms with van der Waals surface area (Å²) in [5.41, 5.74) is -0.249. The van der Waals surface area contributed by atoms with E-state index >= 15 is 0 Å². The van der Waals surface area contributed by atoms with E-state index in [1.165, 1.54) is 6.08 Å². The molecule has 31 heavy (non-hydrogen) atoms. The topological polar surface area (TPSA) is 108 Å². The smallest absolute Gasteiger partial charge is 0.408 e. The summed E-state index contributed by atoms with van der Waals surface area (Å²) in [5.74, 6) is -1.88. The number of hydrogen-bond acceptors (Lipinski definition) is 7. The Morgan fingerprint density at radius 2 is 1.71 bits per heavy atom. The Bertz CT molecular complexity index is 781. The van der Waals surface area contributed by atoms with Crippen LogP contribution in [0, 0.1) is 5.92 Å². The zero-order valence-corrected chi connectivity index (χ0v) is 18.7. The van der Waals surface area contributed by atoms with Crippen LogP contribution in [0.2, 0.25) is 0 Å². The van der Waals surface area contributed by atoms with Gasteiger partial charge >= 0.3 is 18.0 Å². The Balaban J connectivity index is 2.48. The average molecular weight is 434 g/mol. The van der Waals surface area contributed by atoms with Crippen molar-refractivity contribution in [2.75, 3.05) is 13.2 Å². The Morgan fingerprint density at radius 3 is 2.29 bits per heavy atom. The van der Waals surface area contributed by atoms with Gasteiger partial charge in [-0.1, -0.05) is 50.6 Å². The summed E-state index contributed by atoms with van der Waals surface area (Å²) < 4.78 is 15.2. The second-order valence-electron chi connectivity index (χ2n) is 7.94. The molecule has 0 saturated heterocycles. The molecular formula is C23H31NO7. The fourth-order valence-corrected chi connectivity index (χ4v) is 2.36. The Labute approximate surface area is 182 Å². The quantitative estimate of drug-likeness (QED) is 0.261. The number of rotatable bonds is 10. The maximum atomic E-state index is 12.4. The highest BCUT2D eigenvalue weighted by Gasteiger charge is 2.29. The first-order valence-corrected chi connectivity index (χ1v) is 10.1. The van der Waals surface area contributed by atoms with Crippen molar-refractivity contribution in [1.82, 2.24) is 5.32 Å². The van der Waals surface area contributed by atoms with E-state index in [2.05, 4.69) is 5.32 Å². The molecule has 1 aromatic carbocycles. The molecule has 170 valence electrons. The molecule has 0 spiro atoms. The highest BCUT2D eigenvalue weighted by molar-refractivity contribution is 5.98. The largest absolute Gasteiger partial charge is 0.460 e. The van der Waals surface area contributed by atoms with Crippen molar-refractivity contribution in [3.63, 3.8) is 0 Å². The van der Waals surface area contributed by atoms with Crippen LogP contribution in [0.15, 0.2) is 42.5 Å². The lowest BCUT2D eigenvalue weighted by molar-refractivity contribution is -0.146. The third-order valence-corrected chi connectivity index (χ3v) is 4.16. The molecule has 0 saturated carbocycles.